The topological polar surface area (TPSA) is 32.3 Å². The van der Waals surface area contributed by atoms with E-state index in [2.05, 4.69) is 36.2 Å². The van der Waals surface area contributed by atoms with Crippen molar-refractivity contribution in [3.05, 3.63) is 47.6 Å². The number of fused-ring (bicyclic) bond motifs is 2. The maximum absolute atomic E-state index is 9.61. The Hall–Kier alpha value is -1.61. The van der Waals surface area contributed by atoms with Gasteiger partial charge in [-0.05, 0) is 23.8 Å². The van der Waals surface area contributed by atoms with E-state index >= 15 is 0 Å². The van der Waals surface area contributed by atoms with Crippen molar-refractivity contribution >= 4 is 24.4 Å². The molecule has 2 nitrogen and oxygen atoms in total. The Labute approximate surface area is 99.4 Å². The summed E-state index contributed by atoms with van der Waals surface area (Å²) in [6.07, 6.45) is 10.3. The van der Waals surface area contributed by atoms with Crippen LogP contribution in [-0.2, 0) is 0 Å². The van der Waals surface area contributed by atoms with Crippen LogP contribution in [-0.4, -0.2) is 11.1 Å². The van der Waals surface area contributed by atoms with E-state index in [9.17, 15) is 5.11 Å². The molecule has 0 bridgehead atoms. The zero-order valence-electron chi connectivity index (χ0n) is 8.51. The van der Waals surface area contributed by atoms with Crippen molar-refractivity contribution in [2.75, 3.05) is 5.32 Å². The molecule has 1 aliphatic carbocycles. The van der Waals surface area contributed by atoms with Crippen LogP contribution in [0.3, 0.4) is 0 Å². The van der Waals surface area contributed by atoms with Gasteiger partial charge in [-0.2, -0.15) is 0 Å². The van der Waals surface area contributed by atoms with Crippen molar-refractivity contribution < 1.29 is 5.11 Å². The minimum Gasteiger partial charge on any atom is -0.507 e. The summed E-state index contributed by atoms with van der Waals surface area (Å²) < 4.78 is 0. The summed E-state index contributed by atoms with van der Waals surface area (Å²) in [6, 6.07) is 3.77. The lowest BCUT2D eigenvalue weighted by molar-refractivity contribution is 0.462. The van der Waals surface area contributed by atoms with Crippen molar-refractivity contribution in [1.29, 1.82) is 0 Å². The SMILES string of the molecule is Oc1ccc2c(c1S)C=C1C=CC=CC1N2. The lowest BCUT2D eigenvalue weighted by Gasteiger charge is -2.27. The predicted molar refractivity (Wildman–Crippen MR) is 69.0 cm³/mol. The van der Waals surface area contributed by atoms with Crippen molar-refractivity contribution in [2.45, 2.75) is 10.9 Å². The number of aromatic hydroxyl groups is 1. The van der Waals surface area contributed by atoms with Crippen molar-refractivity contribution in [1.82, 2.24) is 0 Å². The fraction of sp³-hybridized carbons (Fsp3) is 0.0769. The molecule has 2 aliphatic rings. The number of phenols is 1. The monoisotopic (exact) mass is 229 g/mol. The highest BCUT2D eigenvalue weighted by atomic mass is 32.1. The molecule has 3 heteroatoms. The van der Waals surface area contributed by atoms with Crippen LogP contribution >= 0.6 is 12.6 Å². The third kappa shape index (κ3) is 1.36. The molecule has 1 aliphatic heterocycles. The van der Waals surface area contributed by atoms with Gasteiger partial charge in [-0.15, -0.1) is 12.6 Å². The molecule has 1 aromatic carbocycles. The van der Waals surface area contributed by atoms with Crippen LogP contribution in [0.1, 0.15) is 5.56 Å². The predicted octanol–water partition coefficient (Wildman–Crippen LogP) is 2.98. The minimum absolute atomic E-state index is 0.217. The molecule has 3 rings (SSSR count). The third-order valence-electron chi connectivity index (χ3n) is 2.88. The van der Waals surface area contributed by atoms with E-state index in [1.807, 2.05) is 18.2 Å². The molecule has 80 valence electrons. The van der Waals surface area contributed by atoms with Crippen LogP contribution in [0.15, 0.2) is 46.9 Å². The molecule has 1 atom stereocenters. The molecule has 0 radical (unpaired) electrons. The summed E-state index contributed by atoms with van der Waals surface area (Å²) in [7, 11) is 0. The fourth-order valence-corrected chi connectivity index (χ4v) is 2.29. The molecule has 16 heavy (non-hydrogen) atoms. The van der Waals surface area contributed by atoms with E-state index in [1.165, 1.54) is 5.57 Å². The van der Waals surface area contributed by atoms with Gasteiger partial charge in [-0.1, -0.05) is 24.3 Å². The zero-order chi connectivity index (χ0) is 11.1. The van der Waals surface area contributed by atoms with Gasteiger partial charge in [0.2, 0.25) is 0 Å². The molecule has 0 saturated heterocycles. The van der Waals surface area contributed by atoms with Crippen LogP contribution < -0.4 is 5.32 Å². The van der Waals surface area contributed by atoms with E-state index in [-0.39, 0.29) is 11.8 Å². The Morgan fingerprint density at radius 2 is 2.12 bits per heavy atom. The number of allylic oxidation sites excluding steroid dienone is 2. The average molecular weight is 229 g/mol. The highest BCUT2D eigenvalue weighted by Crippen LogP contribution is 2.37. The first-order valence-corrected chi connectivity index (χ1v) is 5.58. The minimum atomic E-state index is 0.217. The molecule has 0 saturated carbocycles. The van der Waals surface area contributed by atoms with Crippen LogP contribution in [0.25, 0.3) is 6.08 Å². The van der Waals surface area contributed by atoms with Gasteiger partial charge in [0.25, 0.3) is 0 Å². The first-order valence-electron chi connectivity index (χ1n) is 5.13. The molecular weight excluding hydrogens is 218 g/mol. The van der Waals surface area contributed by atoms with Gasteiger partial charge in [-0.3, -0.25) is 0 Å². The Kier molecular flexibility index (Phi) is 2.07. The first kappa shape index (κ1) is 9.60. The fourth-order valence-electron chi connectivity index (χ4n) is 2.03. The molecule has 0 amide bonds. The molecule has 1 heterocycles. The third-order valence-corrected chi connectivity index (χ3v) is 3.35. The van der Waals surface area contributed by atoms with Crippen molar-refractivity contribution in [3.63, 3.8) is 0 Å². The summed E-state index contributed by atoms with van der Waals surface area (Å²) in [5.41, 5.74) is 3.15. The van der Waals surface area contributed by atoms with E-state index in [0.717, 1.165) is 11.3 Å². The highest BCUT2D eigenvalue weighted by Gasteiger charge is 2.20. The molecule has 0 fully saturated rings. The van der Waals surface area contributed by atoms with Gasteiger partial charge in [0.15, 0.2) is 0 Å². The second kappa shape index (κ2) is 3.46. The highest BCUT2D eigenvalue weighted by molar-refractivity contribution is 7.80. The number of anilines is 1. The molecule has 1 aromatic rings. The molecule has 0 spiro atoms. The second-order valence-corrected chi connectivity index (χ2v) is 4.35. The maximum Gasteiger partial charge on any atom is 0.129 e. The summed E-state index contributed by atoms with van der Waals surface area (Å²) >= 11 is 4.33. The second-order valence-electron chi connectivity index (χ2n) is 3.90. The molecule has 0 aromatic heterocycles. The summed E-state index contributed by atoms with van der Waals surface area (Å²) in [6.45, 7) is 0. The number of hydrogen-bond acceptors (Lipinski definition) is 3. The maximum atomic E-state index is 9.61. The molecular formula is C13H11NOS. The van der Waals surface area contributed by atoms with E-state index in [0.29, 0.717) is 4.90 Å². The lowest BCUT2D eigenvalue weighted by Crippen LogP contribution is -2.23. The Morgan fingerprint density at radius 3 is 3.00 bits per heavy atom. The van der Waals surface area contributed by atoms with Crippen LogP contribution in [0.4, 0.5) is 5.69 Å². The number of nitrogens with one attached hydrogen (secondary N) is 1. The number of benzene rings is 1. The standard InChI is InChI=1S/C13H11NOS/c15-12-6-5-11-9(13(12)16)7-8-3-1-2-4-10(8)14-11/h1-7,10,14-16H. The Morgan fingerprint density at radius 1 is 1.25 bits per heavy atom. The smallest absolute Gasteiger partial charge is 0.129 e. The summed E-state index contributed by atoms with van der Waals surface area (Å²) in [5, 5.41) is 13.0. The van der Waals surface area contributed by atoms with Gasteiger partial charge in [0.1, 0.15) is 5.75 Å². The number of phenolic OH excluding ortho intramolecular Hbond substituents is 1. The van der Waals surface area contributed by atoms with Crippen LogP contribution in [0, 0.1) is 0 Å². The van der Waals surface area contributed by atoms with Gasteiger partial charge in [-0.25, -0.2) is 0 Å². The van der Waals surface area contributed by atoms with E-state index in [1.54, 1.807) is 6.07 Å². The van der Waals surface area contributed by atoms with Gasteiger partial charge >= 0.3 is 0 Å². The van der Waals surface area contributed by atoms with Crippen molar-refractivity contribution in [2.24, 2.45) is 0 Å². The Balaban J connectivity index is 2.18. The van der Waals surface area contributed by atoms with E-state index < -0.39 is 0 Å². The lowest BCUT2D eigenvalue weighted by atomic mass is 9.94. The quantitative estimate of drug-likeness (QED) is 0.472. The van der Waals surface area contributed by atoms with Crippen LogP contribution in [0.5, 0.6) is 5.75 Å². The zero-order valence-corrected chi connectivity index (χ0v) is 9.41. The van der Waals surface area contributed by atoms with Gasteiger partial charge in [0, 0.05) is 11.3 Å². The number of thiol groups is 1. The van der Waals surface area contributed by atoms with E-state index in [4.69, 9.17) is 0 Å². The van der Waals surface area contributed by atoms with Crippen molar-refractivity contribution in [3.8, 4) is 5.75 Å². The summed E-state index contributed by atoms with van der Waals surface area (Å²) in [5.74, 6) is 0.217. The van der Waals surface area contributed by atoms with Gasteiger partial charge in [0.05, 0.1) is 10.9 Å². The number of hydrogen-bond donors (Lipinski definition) is 3. The average Bonchev–Trinajstić information content (AvgIpc) is 2.32. The molecule has 2 N–H and O–H groups in total. The number of rotatable bonds is 0. The molecule has 1 unspecified atom stereocenters. The largest absolute Gasteiger partial charge is 0.507 e. The Bertz CT molecular complexity index is 543. The summed E-state index contributed by atoms with van der Waals surface area (Å²) in [4.78, 5) is 0.624. The normalized spacial score (nSPS) is 20.8. The first-order chi connectivity index (χ1) is 7.75. The van der Waals surface area contributed by atoms with Gasteiger partial charge < -0.3 is 10.4 Å². The van der Waals surface area contributed by atoms with Crippen LogP contribution in [0.2, 0.25) is 0 Å².